The Kier molecular flexibility index (Phi) is 4.91. The maximum atomic E-state index is 8.65. The average molecular weight is 660 g/mol. The lowest BCUT2D eigenvalue weighted by atomic mass is 10.1. The molecular weight excluding hydrogens is 629 g/mol. The number of para-hydroxylation sites is 2. The van der Waals surface area contributed by atoms with Gasteiger partial charge in [-0.15, -0.1) is 0 Å². The molecule has 0 bridgehead atoms. The molecule has 4 heterocycles. The largest absolute Gasteiger partial charge is 0.456 e. The third-order valence-electron chi connectivity index (χ3n) is 9.54. The van der Waals surface area contributed by atoms with Gasteiger partial charge in [0.05, 0.1) is 29.0 Å². The summed E-state index contributed by atoms with van der Waals surface area (Å²) in [6.45, 7) is 0. The van der Waals surface area contributed by atoms with Crippen molar-refractivity contribution < 1.29 is 15.7 Å². The molecule has 51 heavy (non-hydrogen) atoms. The summed E-state index contributed by atoms with van der Waals surface area (Å²) in [6, 6.07) is 39.7. The first-order valence-corrected chi connectivity index (χ1v) is 16.5. The summed E-state index contributed by atoms with van der Waals surface area (Å²) < 4.78 is 57.4. The maximum absolute atomic E-state index is 8.65. The van der Waals surface area contributed by atoms with Crippen LogP contribution in [0, 0.1) is 0 Å². The highest BCUT2D eigenvalue weighted by atomic mass is 16.3. The molecule has 0 saturated carbocycles. The molecule has 4 aromatic heterocycles. The normalized spacial score (nSPS) is 13.3. The highest BCUT2D eigenvalue weighted by Gasteiger charge is 2.22. The van der Waals surface area contributed by atoms with Crippen LogP contribution in [0.4, 0.5) is 0 Å². The van der Waals surface area contributed by atoms with Crippen LogP contribution >= 0.6 is 0 Å². The fraction of sp³-hybridized carbons (Fsp3) is 0. The van der Waals surface area contributed by atoms with Crippen LogP contribution in [0.25, 0.3) is 106 Å². The first-order valence-electron chi connectivity index (χ1n) is 19.0. The predicted octanol–water partition coefficient (Wildman–Crippen LogP) is 11.8. The summed E-state index contributed by atoms with van der Waals surface area (Å²) in [4.78, 5) is 14.2. The Bertz CT molecular complexity index is 3420. The zero-order valence-electron chi connectivity index (χ0n) is 31.7. The molecule has 238 valence electrons. The molecule has 11 rings (SSSR count). The number of hydrogen-bond acceptors (Lipinski definition) is 5. The zero-order chi connectivity index (χ0) is 37.8. The quantitative estimate of drug-likeness (QED) is 0.188. The molecule has 6 heteroatoms. The molecule has 0 aliphatic carbocycles. The molecule has 0 aliphatic heterocycles. The summed E-state index contributed by atoms with van der Waals surface area (Å²) >= 11 is 0. The number of benzene rings is 7. The van der Waals surface area contributed by atoms with Crippen molar-refractivity contribution in [2.75, 3.05) is 0 Å². The summed E-state index contributed by atoms with van der Waals surface area (Å²) in [7, 11) is 0. The lowest BCUT2D eigenvalue weighted by Gasteiger charge is -2.10. The van der Waals surface area contributed by atoms with E-state index < -0.39 is 30.2 Å². The van der Waals surface area contributed by atoms with Gasteiger partial charge < -0.3 is 13.4 Å². The first kappa shape index (κ1) is 23.3. The summed E-state index contributed by atoms with van der Waals surface area (Å²) in [5.74, 6) is 0.534. The van der Waals surface area contributed by atoms with Crippen LogP contribution in [0.5, 0.6) is 0 Å². The summed E-state index contributed by atoms with van der Waals surface area (Å²) in [5, 5.41) is 6.09. The summed E-state index contributed by atoms with van der Waals surface area (Å²) in [6.07, 6.45) is 0. The van der Waals surface area contributed by atoms with E-state index in [1.165, 1.54) is 0 Å². The molecule has 0 fully saturated rings. The molecule has 0 atom stereocenters. The van der Waals surface area contributed by atoms with Gasteiger partial charge in [-0.3, -0.25) is 0 Å². The highest BCUT2D eigenvalue weighted by Crippen LogP contribution is 2.43. The Morgan fingerprint density at radius 2 is 1.16 bits per heavy atom. The van der Waals surface area contributed by atoms with E-state index in [9.17, 15) is 0 Å². The van der Waals surface area contributed by atoms with Crippen LogP contribution in [-0.2, 0) is 0 Å². The third kappa shape index (κ3) is 4.20. The molecule has 0 aliphatic rings. The van der Waals surface area contributed by atoms with Crippen molar-refractivity contribution in [2.24, 2.45) is 0 Å². The molecule has 6 nitrogen and oxygen atoms in total. The van der Waals surface area contributed by atoms with Crippen LogP contribution in [0.15, 0.2) is 166 Å². The van der Waals surface area contributed by atoms with Crippen molar-refractivity contribution in [1.29, 1.82) is 0 Å². The van der Waals surface area contributed by atoms with E-state index in [1.54, 1.807) is 0 Å². The molecule has 0 radical (unpaired) electrons. The Labute approximate surface area is 297 Å². The van der Waals surface area contributed by atoms with Gasteiger partial charge >= 0.3 is 0 Å². The van der Waals surface area contributed by atoms with Crippen LogP contribution in [-0.4, -0.2) is 19.5 Å². The lowest BCUT2D eigenvalue weighted by molar-refractivity contribution is 0.668. The second-order valence-corrected chi connectivity index (χ2v) is 12.4. The van der Waals surface area contributed by atoms with Crippen molar-refractivity contribution in [1.82, 2.24) is 19.5 Å². The Balaban J connectivity index is 1.15. The molecule has 0 N–H and O–H groups in total. The van der Waals surface area contributed by atoms with Gasteiger partial charge in [0.25, 0.3) is 0 Å². The monoisotopic (exact) mass is 659 g/mol. The van der Waals surface area contributed by atoms with Gasteiger partial charge in [-0.05, 0) is 42.5 Å². The molecule has 7 aromatic carbocycles. The van der Waals surface area contributed by atoms with Gasteiger partial charge in [0, 0.05) is 43.6 Å². The second-order valence-electron chi connectivity index (χ2n) is 12.4. The minimum absolute atomic E-state index is 0.0268. The standard InChI is InChI=1S/C45H26N4O2/c1-3-12-27(13-4-1)43-46-44(28-14-5-2-6-15-28)48-45(47-43)29-22-23-34-39(26-29)50-38-21-11-19-36(40(34)38)49-35-18-9-7-16-30(35)32-24-25-33-31-17-8-10-20-37(31)51-42(33)41(32)49/h1-26H/i1D,3D,4D,12D,13D. The van der Waals surface area contributed by atoms with Gasteiger partial charge in [-0.25, -0.2) is 15.0 Å². The minimum Gasteiger partial charge on any atom is -0.456 e. The van der Waals surface area contributed by atoms with Gasteiger partial charge in [-0.2, -0.15) is 0 Å². The van der Waals surface area contributed by atoms with E-state index >= 15 is 0 Å². The Morgan fingerprint density at radius 3 is 2.02 bits per heavy atom. The van der Waals surface area contributed by atoms with Gasteiger partial charge in [0.2, 0.25) is 0 Å². The highest BCUT2D eigenvalue weighted by molar-refractivity contribution is 6.22. The molecule has 0 saturated heterocycles. The van der Waals surface area contributed by atoms with Crippen molar-refractivity contribution in [3.8, 4) is 39.9 Å². The van der Waals surface area contributed by atoms with Gasteiger partial charge in [0.1, 0.15) is 16.7 Å². The SMILES string of the molecule is [2H]c1c([2H])c([2H])c(-c2nc(-c3ccccc3)nc(-c3ccc4c(c3)oc3cccc(-n5c6ccccc6c6ccc7c8ccccc8oc7c65)c34)n2)c([2H])c1[2H]. The average Bonchev–Trinajstić information content (AvgIpc) is 3.92. The van der Waals surface area contributed by atoms with E-state index in [4.69, 9.17) is 25.7 Å². The van der Waals surface area contributed by atoms with E-state index in [1.807, 2.05) is 84.9 Å². The third-order valence-corrected chi connectivity index (χ3v) is 9.54. The van der Waals surface area contributed by atoms with E-state index in [2.05, 4.69) is 52.0 Å². The first-order chi connectivity index (χ1) is 27.4. The molecule has 11 aromatic rings. The van der Waals surface area contributed by atoms with E-state index in [0.717, 1.165) is 60.2 Å². The van der Waals surface area contributed by atoms with Crippen LogP contribution in [0.2, 0.25) is 0 Å². The fourth-order valence-electron chi connectivity index (χ4n) is 7.31. The molecular formula is C45H26N4O2. The number of fused-ring (bicyclic) bond motifs is 10. The zero-order valence-corrected chi connectivity index (χ0v) is 26.7. The van der Waals surface area contributed by atoms with Crippen molar-refractivity contribution in [2.45, 2.75) is 0 Å². The number of rotatable bonds is 4. The molecule has 0 spiro atoms. The number of aromatic nitrogens is 4. The molecule has 0 amide bonds. The lowest BCUT2D eigenvalue weighted by Crippen LogP contribution is -2.00. The van der Waals surface area contributed by atoms with Crippen molar-refractivity contribution in [3.63, 3.8) is 0 Å². The number of nitrogens with zero attached hydrogens (tertiary/aromatic N) is 4. The fourth-order valence-corrected chi connectivity index (χ4v) is 7.31. The van der Waals surface area contributed by atoms with Gasteiger partial charge in [0.15, 0.2) is 23.1 Å². The van der Waals surface area contributed by atoms with E-state index in [0.29, 0.717) is 28.1 Å². The predicted molar refractivity (Wildman–Crippen MR) is 205 cm³/mol. The van der Waals surface area contributed by atoms with Crippen LogP contribution in [0.3, 0.4) is 0 Å². The van der Waals surface area contributed by atoms with E-state index in [-0.39, 0.29) is 17.2 Å². The summed E-state index contributed by atoms with van der Waals surface area (Å²) in [5.41, 5.74) is 7.06. The number of furan rings is 2. The number of hydrogen-bond donors (Lipinski definition) is 0. The van der Waals surface area contributed by atoms with Crippen LogP contribution in [0.1, 0.15) is 6.85 Å². The second kappa shape index (κ2) is 10.7. The maximum Gasteiger partial charge on any atom is 0.164 e. The minimum atomic E-state index is -0.487. The van der Waals surface area contributed by atoms with Gasteiger partial charge in [-0.1, -0.05) is 115 Å². The van der Waals surface area contributed by atoms with Crippen molar-refractivity contribution in [3.05, 3.63) is 158 Å². The Hall–Kier alpha value is -7.05. The van der Waals surface area contributed by atoms with Crippen LogP contribution < -0.4 is 0 Å². The van der Waals surface area contributed by atoms with Crippen molar-refractivity contribution >= 4 is 65.7 Å². The smallest absolute Gasteiger partial charge is 0.164 e. The Morgan fingerprint density at radius 1 is 0.471 bits per heavy atom. The molecule has 0 unspecified atom stereocenters. The topological polar surface area (TPSA) is 69.9 Å².